The van der Waals surface area contributed by atoms with Gasteiger partial charge in [0, 0.05) is 12.5 Å². The molecule has 2 aromatic carbocycles. The zero-order valence-corrected chi connectivity index (χ0v) is 16.0. The zero-order valence-electron chi connectivity index (χ0n) is 16.0. The molecule has 0 heterocycles. The summed E-state index contributed by atoms with van der Waals surface area (Å²) < 4.78 is 0. The van der Waals surface area contributed by atoms with Gasteiger partial charge in [-0.15, -0.1) is 0 Å². The van der Waals surface area contributed by atoms with Crippen LogP contribution in [-0.4, -0.2) is 41.2 Å². The van der Waals surface area contributed by atoms with Crippen LogP contribution >= 0.6 is 0 Å². The second kappa shape index (κ2) is 8.44. The maximum atomic E-state index is 12.5. The average molecular weight is 368 g/mol. The Hall–Kier alpha value is -2.53. The van der Waals surface area contributed by atoms with Crippen molar-refractivity contribution in [3.05, 3.63) is 59.2 Å². The average Bonchev–Trinajstić information content (AvgIpc) is 3.02. The molecule has 0 saturated heterocycles. The molecule has 0 radical (unpaired) electrons. The van der Waals surface area contributed by atoms with Crippen molar-refractivity contribution in [1.82, 2.24) is 10.2 Å². The van der Waals surface area contributed by atoms with Gasteiger partial charge in [-0.25, -0.2) is 0 Å². The number of hydrogen-bond acceptors (Lipinski definition) is 4. The summed E-state index contributed by atoms with van der Waals surface area (Å²) in [5, 5.41) is 22.3. The van der Waals surface area contributed by atoms with Gasteiger partial charge < -0.3 is 20.4 Å². The lowest BCUT2D eigenvalue weighted by Crippen LogP contribution is -2.33. The highest BCUT2D eigenvalue weighted by Crippen LogP contribution is 2.33. The number of likely N-dealkylation sites (N-methyl/N-ethyl adjacent to an activating group) is 1. The van der Waals surface area contributed by atoms with E-state index in [2.05, 4.69) is 10.2 Å². The number of fused-ring (bicyclic) bond motifs is 1. The molecule has 5 nitrogen and oxygen atoms in total. The van der Waals surface area contributed by atoms with Crippen molar-refractivity contribution in [2.75, 3.05) is 14.1 Å². The predicted molar refractivity (Wildman–Crippen MR) is 106 cm³/mol. The number of aryl methyl sites for hydroxylation is 1. The molecule has 2 aromatic rings. The van der Waals surface area contributed by atoms with Gasteiger partial charge in [-0.3, -0.25) is 4.79 Å². The molecule has 0 saturated carbocycles. The fourth-order valence-electron chi connectivity index (χ4n) is 3.75. The van der Waals surface area contributed by atoms with E-state index in [1.165, 1.54) is 5.56 Å². The van der Waals surface area contributed by atoms with Gasteiger partial charge in [0.05, 0.1) is 6.04 Å². The number of nitrogens with zero attached hydrogens (tertiary/aromatic N) is 1. The van der Waals surface area contributed by atoms with Gasteiger partial charge in [0.15, 0.2) is 0 Å². The normalized spacial score (nSPS) is 16.9. The van der Waals surface area contributed by atoms with Gasteiger partial charge in [0.2, 0.25) is 5.91 Å². The van der Waals surface area contributed by atoms with E-state index < -0.39 is 0 Å². The van der Waals surface area contributed by atoms with E-state index in [9.17, 15) is 15.0 Å². The number of carbonyl (C=O) groups excluding carboxylic acids is 1. The molecule has 2 atom stereocenters. The molecule has 3 rings (SSSR count). The highest BCUT2D eigenvalue weighted by Gasteiger charge is 2.24. The lowest BCUT2D eigenvalue weighted by Gasteiger charge is -2.24. The number of nitrogens with one attached hydrogen (secondary N) is 1. The molecule has 0 aliphatic heterocycles. The standard InChI is InChI=1S/C22H28N2O3/c1-24(2)17(13-15-3-8-18(25)9-4-15)7-12-22(27)23-21-11-6-16-5-10-19(26)14-20(16)21/h3-5,8-10,14,17,21,25-26H,6-7,11-13H2,1-2H3,(H,23,27)/t17-,21?/m1/s1. The highest BCUT2D eigenvalue weighted by molar-refractivity contribution is 5.76. The third kappa shape index (κ3) is 5.01. The third-order valence-electron chi connectivity index (χ3n) is 5.39. The summed E-state index contributed by atoms with van der Waals surface area (Å²) in [5.74, 6) is 0.563. The molecule has 1 aliphatic carbocycles. The van der Waals surface area contributed by atoms with Crippen LogP contribution in [0.4, 0.5) is 0 Å². The fourth-order valence-corrected chi connectivity index (χ4v) is 3.75. The Balaban J connectivity index is 1.54. The van der Waals surface area contributed by atoms with Crippen molar-refractivity contribution in [1.29, 1.82) is 0 Å². The molecule has 0 aromatic heterocycles. The Bertz CT molecular complexity index is 787. The number of amides is 1. The first-order valence-corrected chi connectivity index (χ1v) is 9.48. The van der Waals surface area contributed by atoms with Crippen LogP contribution < -0.4 is 5.32 Å². The topological polar surface area (TPSA) is 72.8 Å². The first-order valence-electron chi connectivity index (χ1n) is 9.48. The highest BCUT2D eigenvalue weighted by atomic mass is 16.3. The van der Waals surface area contributed by atoms with Crippen LogP contribution in [0.15, 0.2) is 42.5 Å². The lowest BCUT2D eigenvalue weighted by atomic mass is 10.0. The summed E-state index contributed by atoms with van der Waals surface area (Å²) in [6.45, 7) is 0. The van der Waals surface area contributed by atoms with E-state index in [4.69, 9.17) is 0 Å². The number of rotatable bonds is 7. The molecular weight excluding hydrogens is 340 g/mol. The molecule has 1 unspecified atom stereocenters. The van der Waals surface area contributed by atoms with Gasteiger partial charge in [-0.05, 0) is 80.7 Å². The number of phenols is 2. The monoisotopic (exact) mass is 368 g/mol. The minimum Gasteiger partial charge on any atom is -0.508 e. The van der Waals surface area contributed by atoms with Gasteiger partial charge in [-0.1, -0.05) is 18.2 Å². The van der Waals surface area contributed by atoms with Crippen molar-refractivity contribution >= 4 is 5.91 Å². The Kier molecular flexibility index (Phi) is 6.01. The molecule has 5 heteroatoms. The first kappa shape index (κ1) is 19.2. The van der Waals surface area contributed by atoms with E-state index >= 15 is 0 Å². The molecule has 0 bridgehead atoms. The third-order valence-corrected chi connectivity index (χ3v) is 5.39. The minimum absolute atomic E-state index is 0.00509. The van der Waals surface area contributed by atoms with Gasteiger partial charge in [0.25, 0.3) is 0 Å². The largest absolute Gasteiger partial charge is 0.508 e. The Labute approximate surface area is 160 Å². The van der Waals surface area contributed by atoms with Crippen molar-refractivity contribution < 1.29 is 15.0 Å². The summed E-state index contributed by atoms with van der Waals surface area (Å²) in [6, 6.07) is 12.9. The van der Waals surface area contributed by atoms with Crippen LogP contribution in [0.25, 0.3) is 0 Å². The van der Waals surface area contributed by atoms with Crippen LogP contribution in [0.3, 0.4) is 0 Å². The molecule has 144 valence electrons. The Morgan fingerprint density at radius 1 is 1.15 bits per heavy atom. The summed E-state index contributed by atoms with van der Waals surface area (Å²) in [4.78, 5) is 14.6. The van der Waals surface area contributed by atoms with Crippen LogP contribution in [0.2, 0.25) is 0 Å². The van der Waals surface area contributed by atoms with E-state index in [-0.39, 0.29) is 29.5 Å². The van der Waals surface area contributed by atoms with Gasteiger partial charge in [0.1, 0.15) is 11.5 Å². The molecule has 1 aliphatic rings. The number of aromatic hydroxyl groups is 2. The van der Waals surface area contributed by atoms with Crippen LogP contribution in [-0.2, 0) is 17.6 Å². The number of carbonyl (C=O) groups is 1. The second-order valence-corrected chi connectivity index (χ2v) is 7.57. The zero-order chi connectivity index (χ0) is 19.4. The molecular formula is C22H28N2O3. The summed E-state index contributed by atoms with van der Waals surface area (Å²) >= 11 is 0. The van der Waals surface area contributed by atoms with Crippen molar-refractivity contribution in [2.24, 2.45) is 0 Å². The van der Waals surface area contributed by atoms with Gasteiger partial charge in [-0.2, -0.15) is 0 Å². The molecule has 0 spiro atoms. The molecule has 0 fully saturated rings. The van der Waals surface area contributed by atoms with E-state index in [0.717, 1.165) is 36.8 Å². The first-order chi connectivity index (χ1) is 12.9. The lowest BCUT2D eigenvalue weighted by molar-refractivity contribution is -0.122. The van der Waals surface area contributed by atoms with E-state index in [1.54, 1.807) is 24.3 Å². The maximum absolute atomic E-state index is 12.5. The molecule has 1 amide bonds. The van der Waals surface area contributed by atoms with Crippen molar-refractivity contribution in [2.45, 2.75) is 44.2 Å². The number of phenolic OH excluding ortho intramolecular Hbond substituents is 2. The summed E-state index contributed by atoms with van der Waals surface area (Å²) in [6.07, 6.45) is 3.88. The minimum atomic E-state index is -0.00509. The molecule has 27 heavy (non-hydrogen) atoms. The van der Waals surface area contributed by atoms with Crippen LogP contribution in [0, 0.1) is 0 Å². The number of benzene rings is 2. The maximum Gasteiger partial charge on any atom is 0.220 e. The quantitative estimate of drug-likeness (QED) is 0.702. The van der Waals surface area contributed by atoms with Crippen molar-refractivity contribution in [3.63, 3.8) is 0 Å². The van der Waals surface area contributed by atoms with E-state index in [1.807, 2.05) is 32.3 Å². The Morgan fingerprint density at radius 3 is 2.56 bits per heavy atom. The second-order valence-electron chi connectivity index (χ2n) is 7.57. The van der Waals surface area contributed by atoms with Gasteiger partial charge >= 0.3 is 0 Å². The molecule has 3 N–H and O–H groups in total. The number of hydrogen-bond donors (Lipinski definition) is 3. The SMILES string of the molecule is CN(C)[C@H](CCC(=O)NC1CCc2ccc(O)cc21)Cc1ccc(O)cc1. The van der Waals surface area contributed by atoms with E-state index in [0.29, 0.717) is 6.42 Å². The van der Waals surface area contributed by atoms with Crippen LogP contribution in [0.5, 0.6) is 11.5 Å². The predicted octanol–water partition coefficient (Wildman–Crippen LogP) is 3.15. The smallest absolute Gasteiger partial charge is 0.220 e. The van der Waals surface area contributed by atoms with Crippen molar-refractivity contribution in [3.8, 4) is 11.5 Å². The fraction of sp³-hybridized carbons (Fsp3) is 0.409. The summed E-state index contributed by atoms with van der Waals surface area (Å²) in [5.41, 5.74) is 3.39. The van der Waals surface area contributed by atoms with Crippen LogP contribution in [0.1, 0.15) is 42.0 Å². The summed E-state index contributed by atoms with van der Waals surface area (Å²) in [7, 11) is 4.05. The Morgan fingerprint density at radius 2 is 1.85 bits per heavy atom.